The predicted molar refractivity (Wildman–Crippen MR) is 64.8 cm³/mol. The maximum absolute atomic E-state index is 13.6. The van der Waals surface area contributed by atoms with Crippen LogP contribution in [-0.4, -0.2) is 52.3 Å². The Morgan fingerprint density at radius 2 is 2.26 bits per heavy atom. The number of carbonyl (C=O) groups is 2. The Kier molecular flexibility index (Phi) is 2.73. The van der Waals surface area contributed by atoms with Gasteiger partial charge in [-0.05, 0) is 12.5 Å². The van der Waals surface area contributed by atoms with E-state index in [4.69, 9.17) is 0 Å². The molecule has 2 aliphatic heterocycles. The van der Waals surface area contributed by atoms with Crippen LogP contribution in [0.25, 0.3) is 0 Å². The first-order valence-corrected chi connectivity index (χ1v) is 6.25. The number of nitrogens with zero attached hydrogens (tertiary/aromatic N) is 3. The standard InChI is InChI=1S/C13H14FN3O2/c1-16-10-3-5-17(11(10)6-12(16)18)13(19)8-2-4-15-7-9(8)14/h2,4,7,10-11H,3,5-6H2,1H3/t10-,11+/m1/s1. The van der Waals surface area contributed by atoms with Crippen LogP contribution in [0.2, 0.25) is 0 Å². The lowest BCUT2D eigenvalue weighted by molar-refractivity contribution is -0.127. The van der Waals surface area contributed by atoms with E-state index in [0.717, 1.165) is 12.6 Å². The van der Waals surface area contributed by atoms with E-state index in [9.17, 15) is 14.0 Å². The van der Waals surface area contributed by atoms with Gasteiger partial charge in [-0.15, -0.1) is 0 Å². The van der Waals surface area contributed by atoms with Crippen LogP contribution in [0.5, 0.6) is 0 Å². The van der Waals surface area contributed by atoms with Crippen molar-refractivity contribution in [3.63, 3.8) is 0 Å². The first-order valence-electron chi connectivity index (χ1n) is 6.25. The van der Waals surface area contributed by atoms with Gasteiger partial charge < -0.3 is 9.80 Å². The van der Waals surface area contributed by atoms with E-state index in [1.807, 2.05) is 0 Å². The molecular weight excluding hydrogens is 249 g/mol. The third-order valence-electron chi connectivity index (χ3n) is 4.05. The Morgan fingerprint density at radius 3 is 3.00 bits per heavy atom. The van der Waals surface area contributed by atoms with Crippen LogP contribution < -0.4 is 0 Å². The van der Waals surface area contributed by atoms with Crippen molar-refractivity contribution in [3.05, 3.63) is 29.8 Å². The average Bonchev–Trinajstić information content (AvgIpc) is 2.91. The maximum atomic E-state index is 13.6. The molecule has 0 radical (unpaired) electrons. The second kappa shape index (κ2) is 4.29. The van der Waals surface area contributed by atoms with E-state index in [1.54, 1.807) is 16.8 Å². The fourth-order valence-corrected chi connectivity index (χ4v) is 3.00. The third kappa shape index (κ3) is 1.78. The summed E-state index contributed by atoms with van der Waals surface area (Å²) in [5.41, 5.74) is 0.0256. The van der Waals surface area contributed by atoms with Gasteiger partial charge in [-0.1, -0.05) is 0 Å². The zero-order valence-electron chi connectivity index (χ0n) is 10.5. The molecule has 6 heteroatoms. The summed E-state index contributed by atoms with van der Waals surface area (Å²) in [6, 6.07) is 1.32. The smallest absolute Gasteiger partial charge is 0.257 e. The van der Waals surface area contributed by atoms with Crippen LogP contribution in [0, 0.1) is 5.82 Å². The second-order valence-electron chi connectivity index (χ2n) is 4.99. The summed E-state index contributed by atoms with van der Waals surface area (Å²) in [6.07, 6.45) is 3.52. The highest BCUT2D eigenvalue weighted by atomic mass is 19.1. The number of pyridine rings is 1. The van der Waals surface area contributed by atoms with Crippen LogP contribution in [-0.2, 0) is 4.79 Å². The zero-order chi connectivity index (χ0) is 13.6. The minimum atomic E-state index is -0.617. The maximum Gasteiger partial charge on any atom is 0.257 e. The Balaban J connectivity index is 1.86. The molecule has 19 heavy (non-hydrogen) atoms. The minimum Gasteiger partial charge on any atom is -0.341 e. The van der Waals surface area contributed by atoms with Crippen LogP contribution in [0.3, 0.4) is 0 Å². The molecule has 2 saturated heterocycles. The summed E-state index contributed by atoms with van der Waals surface area (Å²) in [6.45, 7) is 0.563. The lowest BCUT2D eigenvalue weighted by Crippen LogP contribution is -2.39. The van der Waals surface area contributed by atoms with Gasteiger partial charge in [0.2, 0.25) is 5.91 Å². The molecule has 0 N–H and O–H groups in total. The molecule has 0 aromatic carbocycles. The van der Waals surface area contributed by atoms with Crippen LogP contribution in [0.1, 0.15) is 23.2 Å². The van der Waals surface area contributed by atoms with Gasteiger partial charge in [0.05, 0.1) is 23.8 Å². The average molecular weight is 263 g/mol. The molecule has 1 aromatic rings. The number of amides is 2. The van der Waals surface area contributed by atoms with E-state index in [2.05, 4.69) is 4.98 Å². The third-order valence-corrected chi connectivity index (χ3v) is 4.05. The summed E-state index contributed by atoms with van der Waals surface area (Å²) in [5.74, 6) is -0.924. The fraction of sp³-hybridized carbons (Fsp3) is 0.462. The molecule has 2 atom stereocenters. The molecular formula is C13H14FN3O2. The fourth-order valence-electron chi connectivity index (χ4n) is 3.00. The number of aromatic nitrogens is 1. The van der Waals surface area contributed by atoms with Crippen molar-refractivity contribution in [3.8, 4) is 0 Å². The van der Waals surface area contributed by atoms with Gasteiger partial charge in [0, 0.05) is 26.2 Å². The molecule has 0 spiro atoms. The normalized spacial score (nSPS) is 25.9. The summed E-state index contributed by atoms with van der Waals surface area (Å²) in [4.78, 5) is 31.0. The molecule has 100 valence electrons. The highest BCUT2D eigenvalue weighted by molar-refractivity contribution is 5.95. The second-order valence-corrected chi connectivity index (χ2v) is 4.99. The van der Waals surface area contributed by atoms with Crippen LogP contribution in [0.4, 0.5) is 4.39 Å². The number of halogens is 1. The number of fused-ring (bicyclic) bond motifs is 1. The lowest BCUT2D eigenvalue weighted by atomic mass is 10.1. The molecule has 3 rings (SSSR count). The van der Waals surface area contributed by atoms with Crippen molar-refractivity contribution in [1.29, 1.82) is 0 Å². The van der Waals surface area contributed by atoms with Gasteiger partial charge in [0.1, 0.15) is 0 Å². The van der Waals surface area contributed by atoms with Gasteiger partial charge in [-0.3, -0.25) is 14.6 Å². The van der Waals surface area contributed by atoms with Crippen LogP contribution >= 0.6 is 0 Å². The molecule has 1 aromatic heterocycles. The van der Waals surface area contributed by atoms with Gasteiger partial charge in [0.15, 0.2) is 5.82 Å². The summed E-state index contributed by atoms with van der Waals surface area (Å²) >= 11 is 0. The van der Waals surface area contributed by atoms with Crippen molar-refractivity contribution in [2.24, 2.45) is 0 Å². The molecule has 2 amide bonds. The number of likely N-dealkylation sites (tertiary alicyclic amines) is 2. The van der Waals surface area contributed by atoms with Crippen molar-refractivity contribution < 1.29 is 14.0 Å². The number of hydrogen-bond donors (Lipinski definition) is 0. The molecule has 0 unspecified atom stereocenters. The Labute approximate surface area is 110 Å². The Hall–Kier alpha value is -1.98. The van der Waals surface area contributed by atoms with Crippen molar-refractivity contribution >= 4 is 11.8 Å². The molecule has 5 nitrogen and oxygen atoms in total. The lowest BCUT2D eigenvalue weighted by Gasteiger charge is -2.23. The molecule has 0 saturated carbocycles. The van der Waals surface area contributed by atoms with Gasteiger partial charge >= 0.3 is 0 Å². The summed E-state index contributed by atoms with van der Waals surface area (Å²) < 4.78 is 13.6. The van der Waals surface area contributed by atoms with E-state index < -0.39 is 5.82 Å². The largest absolute Gasteiger partial charge is 0.341 e. The SMILES string of the molecule is CN1C(=O)C[C@H]2[C@H]1CCN2C(=O)c1ccncc1F. The van der Waals surface area contributed by atoms with Gasteiger partial charge in [0.25, 0.3) is 5.91 Å². The number of rotatable bonds is 1. The Bertz CT molecular complexity index is 548. The van der Waals surface area contributed by atoms with Gasteiger partial charge in [-0.2, -0.15) is 0 Å². The minimum absolute atomic E-state index is 0.0256. The first-order chi connectivity index (χ1) is 9.09. The molecule has 2 aliphatic rings. The number of likely N-dealkylation sites (N-methyl/N-ethyl adjacent to an activating group) is 1. The number of hydrogen-bond acceptors (Lipinski definition) is 3. The van der Waals surface area contributed by atoms with Crippen molar-refractivity contribution in [2.75, 3.05) is 13.6 Å². The van der Waals surface area contributed by atoms with E-state index in [-0.39, 0.29) is 29.5 Å². The molecule has 0 aliphatic carbocycles. The molecule has 3 heterocycles. The first kappa shape index (κ1) is 12.1. The predicted octanol–water partition coefficient (Wildman–Crippen LogP) is 0.666. The summed E-state index contributed by atoms with van der Waals surface area (Å²) in [7, 11) is 1.76. The molecule has 0 bridgehead atoms. The van der Waals surface area contributed by atoms with Gasteiger partial charge in [-0.25, -0.2) is 4.39 Å². The van der Waals surface area contributed by atoms with Crippen molar-refractivity contribution in [2.45, 2.75) is 24.9 Å². The quantitative estimate of drug-likeness (QED) is 0.748. The monoisotopic (exact) mass is 263 g/mol. The van der Waals surface area contributed by atoms with Crippen LogP contribution in [0.15, 0.2) is 18.5 Å². The van der Waals surface area contributed by atoms with Crippen molar-refractivity contribution in [1.82, 2.24) is 14.8 Å². The Morgan fingerprint density at radius 1 is 1.47 bits per heavy atom. The number of carbonyl (C=O) groups excluding carboxylic acids is 2. The zero-order valence-corrected chi connectivity index (χ0v) is 10.5. The molecule has 2 fully saturated rings. The topological polar surface area (TPSA) is 53.5 Å². The van der Waals surface area contributed by atoms with E-state index in [0.29, 0.717) is 13.0 Å². The highest BCUT2D eigenvalue weighted by Crippen LogP contribution is 2.32. The van der Waals surface area contributed by atoms with E-state index >= 15 is 0 Å². The summed E-state index contributed by atoms with van der Waals surface area (Å²) in [5, 5.41) is 0. The van der Waals surface area contributed by atoms with E-state index in [1.165, 1.54) is 12.3 Å². The highest BCUT2D eigenvalue weighted by Gasteiger charge is 2.47.